The van der Waals surface area contributed by atoms with Crippen molar-refractivity contribution in [3.8, 4) is 16.9 Å². The molecule has 0 bridgehead atoms. The van der Waals surface area contributed by atoms with Gasteiger partial charge in [0.1, 0.15) is 11.4 Å². The smallest absolute Gasteiger partial charge is 0.270 e. The SMILES string of the molecule is COc1ccc(C(C)NC(=O)c2cc(-c3cccnc3)c3cnccc3n2)cc1. The number of rotatable bonds is 5. The number of methoxy groups -OCH3 is 1. The molecule has 1 N–H and O–H groups in total. The Morgan fingerprint density at radius 1 is 1.03 bits per heavy atom. The molecule has 29 heavy (non-hydrogen) atoms. The third kappa shape index (κ3) is 3.91. The molecule has 6 heteroatoms. The van der Waals surface area contributed by atoms with Gasteiger partial charge in [-0.15, -0.1) is 0 Å². The first kappa shape index (κ1) is 18.6. The molecule has 0 saturated heterocycles. The summed E-state index contributed by atoms with van der Waals surface area (Å²) in [5.41, 5.74) is 3.83. The molecule has 1 atom stereocenters. The lowest BCUT2D eigenvalue weighted by atomic mass is 10.0. The second-order valence-corrected chi connectivity index (χ2v) is 6.66. The monoisotopic (exact) mass is 384 g/mol. The van der Waals surface area contributed by atoms with E-state index in [1.54, 1.807) is 44.0 Å². The van der Waals surface area contributed by atoms with Crippen LogP contribution >= 0.6 is 0 Å². The van der Waals surface area contributed by atoms with Crippen LogP contribution in [0.1, 0.15) is 29.0 Å². The number of ether oxygens (including phenoxy) is 1. The van der Waals surface area contributed by atoms with Crippen LogP contribution in [0, 0.1) is 0 Å². The molecule has 4 aromatic rings. The van der Waals surface area contributed by atoms with Crippen molar-refractivity contribution in [2.45, 2.75) is 13.0 Å². The summed E-state index contributed by atoms with van der Waals surface area (Å²) in [6, 6.07) is 14.9. The highest BCUT2D eigenvalue weighted by Gasteiger charge is 2.16. The molecular formula is C23H20N4O2. The fourth-order valence-electron chi connectivity index (χ4n) is 3.19. The first-order chi connectivity index (χ1) is 14.2. The van der Waals surface area contributed by atoms with Gasteiger partial charge < -0.3 is 10.1 Å². The molecule has 0 radical (unpaired) electrons. The van der Waals surface area contributed by atoms with Gasteiger partial charge in [-0.05, 0) is 48.4 Å². The van der Waals surface area contributed by atoms with Gasteiger partial charge >= 0.3 is 0 Å². The normalized spacial score (nSPS) is 11.8. The summed E-state index contributed by atoms with van der Waals surface area (Å²) in [6.45, 7) is 1.94. The summed E-state index contributed by atoms with van der Waals surface area (Å²) in [4.78, 5) is 25.9. The van der Waals surface area contributed by atoms with Gasteiger partial charge in [-0.1, -0.05) is 18.2 Å². The van der Waals surface area contributed by atoms with Gasteiger partial charge in [0.15, 0.2) is 0 Å². The molecule has 0 aliphatic carbocycles. The van der Waals surface area contributed by atoms with E-state index in [9.17, 15) is 4.79 Å². The number of nitrogens with one attached hydrogen (secondary N) is 1. The topological polar surface area (TPSA) is 77.0 Å². The fraction of sp³-hybridized carbons (Fsp3) is 0.130. The Bertz CT molecular complexity index is 1140. The van der Waals surface area contributed by atoms with E-state index < -0.39 is 0 Å². The number of amides is 1. The minimum absolute atomic E-state index is 0.176. The van der Waals surface area contributed by atoms with Crippen LogP contribution in [0.2, 0.25) is 0 Å². The van der Waals surface area contributed by atoms with E-state index in [2.05, 4.69) is 20.3 Å². The van der Waals surface area contributed by atoms with Crippen molar-refractivity contribution in [3.63, 3.8) is 0 Å². The minimum atomic E-state index is -0.239. The van der Waals surface area contributed by atoms with Gasteiger partial charge in [-0.3, -0.25) is 14.8 Å². The summed E-state index contributed by atoms with van der Waals surface area (Å²) in [5.74, 6) is 0.537. The van der Waals surface area contributed by atoms with Gasteiger partial charge in [0.2, 0.25) is 0 Å². The highest BCUT2D eigenvalue weighted by Crippen LogP contribution is 2.28. The Labute approximate surface area is 168 Å². The van der Waals surface area contributed by atoms with E-state index >= 15 is 0 Å². The molecule has 0 spiro atoms. The van der Waals surface area contributed by atoms with Crippen molar-refractivity contribution >= 4 is 16.8 Å². The van der Waals surface area contributed by atoms with Gasteiger partial charge in [-0.25, -0.2) is 4.98 Å². The number of pyridine rings is 3. The Morgan fingerprint density at radius 2 is 1.83 bits per heavy atom. The van der Waals surface area contributed by atoms with Crippen LogP contribution in [-0.2, 0) is 0 Å². The van der Waals surface area contributed by atoms with E-state index in [1.165, 1.54) is 0 Å². The lowest BCUT2D eigenvalue weighted by Crippen LogP contribution is -2.27. The zero-order valence-electron chi connectivity index (χ0n) is 16.2. The number of hydrogen-bond acceptors (Lipinski definition) is 5. The molecule has 0 aliphatic heterocycles. The van der Waals surface area contributed by atoms with E-state index in [0.29, 0.717) is 11.2 Å². The Balaban J connectivity index is 1.67. The van der Waals surface area contributed by atoms with Crippen molar-refractivity contribution in [2.24, 2.45) is 0 Å². The van der Waals surface area contributed by atoms with E-state index in [4.69, 9.17) is 4.74 Å². The van der Waals surface area contributed by atoms with Gasteiger partial charge in [0.25, 0.3) is 5.91 Å². The van der Waals surface area contributed by atoms with Crippen LogP contribution in [0.5, 0.6) is 5.75 Å². The van der Waals surface area contributed by atoms with Crippen LogP contribution in [0.4, 0.5) is 0 Å². The average Bonchev–Trinajstić information content (AvgIpc) is 2.78. The molecule has 3 aromatic heterocycles. The third-order valence-corrected chi connectivity index (χ3v) is 4.78. The predicted molar refractivity (Wildman–Crippen MR) is 112 cm³/mol. The molecule has 0 saturated carbocycles. The first-order valence-corrected chi connectivity index (χ1v) is 9.25. The second-order valence-electron chi connectivity index (χ2n) is 6.66. The standard InChI is InChI=1S/C23H20N4O2/c1-15(16-5-7-18(29-2)8-6-16)26-23(28)22-12-19(17-4-3-10-24-13-17)20-14-25-11-9-21(20)27-22/h3-15H,1-2H3,(H,26,28). The summed E-state index contributed by atoms with van der Waals surface area (Å²) in [5, 5.41) is 3.90. The van der Waals surface area contributed by atoms with Crippen LogP contribution in [-0.4, -0.2) is 28.0 Å². The predicted octanol–water partition coefficient (Wildman–Crippen LogP) is 4.19. The maximum Gasteiger partial charge on any atom is 0.270 e. The van der Waals surface area contributed by atoms with Crippen molar-refractivity contribution in [1.82, 2.24) is 20.3 Å². The molecule has 1 unspecified atom stereocenters. The van der Waals surface area contributed by atoms with E-state index in [-0.39, 0.29) is 11.9 Å². The molecule has 3 heterocycles. The number of aromatic nitrogens is 3. The van der Waals surface area contributed by atoms with Gasteiger partial charge in [-0.2, -0.15) is 0 Å². The largest absolute Gasteiger partial charge is 0.497 e. The van der Waals surface area contributed by atoms with Crippen LogP contribution in [0.15, 0.2) is 73.3 Å². The maximum absolute atomic E-state index is 12.9. The molecular weight excluding hydrogens is 364 g/mol. The lowest BCUT2D eigenvalue weighted by molar-refractivity contribution is 0.0935. The molecule has 1 aromatic carbocycles. The van der Waals surface area contributed by atoms with E-state index in [1.807, 2.05) is 43.3 Å². The quantitative estimate of drug-likeness (QED) is 0.558. The molecule has 1 amide bonds. The first-order valence-electron chi connectivity index (χ1n) is 9.25. The summed E-state index contributed by atoms with van der Waals surface area (Å²) < 4.78 is 5.19. The minimum Gasteiger partial charge on any atom is -0.497 e. The highest BCUT2D eigenvalue weighted by atomic mass is 16.5. The van der Waals surface area contributed by atoms with Crippen molar-refractivity contribution in [2.75, 3.05) is 7.11 Å². The number of benzene rings is 1. The Kier molecular flexibility index (Phi) is 5.16. The summed E-state index contributed by atoms with van der Waals surface area (Å²) >= 11 is 0. The molecule has 4 rings (SSSR count). The molecule has 0 aliphatic rings. The van der Waals surface area contributed by atoms with Crippen LogP contribution in [0.25, 0.3) is 22.0 Å². The van der Waals surface area contributed by atoms with Gasteiger partial charge in [0.05, 0.1) is 18.7 Å². The molecule has 0 fully saturated rings. The van der Waals surface area contributed by atoms with Crippen LogP contribution < -0.4 is 10.1 Å². The summed E-state index contributed by atoms with van der Waals surface area (Å²) in [7, 11) is 1.63. The Morgan fingerprint density at radius 3 is 2.55 bits per heavy atom. The third-order valence-electron chi connectivity index (χ3n) is 4.78. The maximum atomic E-state index is 12.9. The van der Waals surface area contributed by atoms with Crippen molar-refractivity contribution in [3.05, 3.63) is 84.6 Å². The molecule has 144 valence electrons. The lowest BCUT2D eigenvalue weighted by Gasteiger charge is -2.15. The Hall–Kier alpha value is -3.80. The van der Waals surface area contributed by atoms with Crippen LogP contribution in [0.3, 0.4) is 0 Å². The zero-order valence-corrected chi connectivity index (χ0v) is 16.2. The second kappa shape index (κ2) is 8.06. The number of nitrogens with zero attached hydrogens (tertiary/aromatic N) is 3. The number of fused-ring (bicyclic) bond motifs is 1. The van der Waals surface area contributed by atoms with Crippen molar-refractivity contribution in [1.29, 1.82) is 0 Å². The highest BCUT2D eigenvalue weighted by molar-refractivity contribution is 6.01. The van der Waals surface area contributed by atoms with Crippen molar-refractivity contribution < 1.29 is 9.53 Å². The zero-order chi connectivity index (χ0) is 20.2. The number of carbonyl (C=O) groups is 1. The number of hydrogen-bond donors (Lipinski definition) is 1. The molecule has 6 nitrogen and oxygen atoms in total. The van der Waals surface area contributed by atoms with Gasteiger partial charge in [0, 0.05) is 35.7 Å². The number of carbonyl (C=O) groups excluding carboxylic acids is 1. The fourth-order valence-corrected chi connectivity index (χ4v) is 3.19. The average molecular weight is 384 g/mol. The van der Waals surface area contributed by atoms with E-state index in [0.717, 1.165) is 27.8 Å². The summed E-state index contributed by atoms with van der Waals surface area (Å²) in [6.07, 6.45) is 6.91.